The molecule has 0 radical (unpaired) electrons. The van der Waals surface area contributed by atoms with Crippen molar-refractivity contribution in [2.75, 3.05) is 12.9 Å². The molecule has 3 aromatic rings. The monoisotopic (exact) mass is 445 g/mol. The number of carbonyl (C=O) groups is 1. The summed E-state index contributed by atoms with van der Waals surface area (Å²) in [4.78, 5) is 25.4. The lowest BCUT2D eigenvalue weighted by atomic mass is 10.1. The molecule has 0 saturated carbocycles. The molecule has 29 heavy (non-hydrogen) atoms. The third-order valence-corrected chi connectivity index (χ3v) is 5.19. The molecule has 2 aromatic carbocycles. The van der Waals surface area contributed by atoms with Crippen molar-refractivity contribution in [2.45, 2.75) is 11.9 Å². The molecule has 0 fully saturated rings. The van der Waals surface area contributed by atoms with Gasteiger partial charge in [-0.15, -0.1) is 11.8 Å². The molecule has 152 valence electrons. The number of hydrogen-bond acceptors (Lipinski definition) is 4. The second kappa shape index (κ2) is 8.08. The summed E-state index contributed by atoms with van der Waals surface area (Å²) < 4.78 is 62.1. The molecule has 0 aliphatic heterocycles. The molecule has 0 N–H and O–H groups in total. The van der Waals surface area contributed by atoms with E-state index in [9.17, 15) is 27.2 Å². The first kappa shape index (κ1) is 21.2. The highest BCUT2D eigenvalue weighted by molar-refractivity contribution is 7.98. The quantitative estimate of drug-likeness (QED) is 0.243. The molecule has 1 heterocycles. The Kier molecular flexibility index (Phi) is 5.90. The number of fused-ring (bicyclic) bond motifs is 1. The van der Waals surface area contributed by atoms with Gasteiger partial charge in [0.1, 0.15) is 22.2 Å². The van der Waals surface area contributed by atoms with E-state index in [-0.39, 0.29) is 22.8 Å². The molecule has 0 bridgehead atoms. The Balaban J connectivity index is 2.63. The number of pyridine rings is 1. The molecule has 0 spiro atoms. The lowest BCUT2D eigenvalue weighted by Gasteiger charge is -2.20. The number of carbonyl (C=O) groups excluding carboxylic acids is 1. The lowest BCUT2D eigenvalue weighted by molar-refractivity contribution is 0.0519. The molecule has 0 saturated heterocycles. The SMILES string of the molecule is CCOC(=O)c1c(SC)n(-c2ccc(F)cc2F)c2c(Cl)c(F)c(F)cc2c1=O. The summed E-state index contributed by atoms with van der Waals surface area (Å²) in [6, 6.07) is 3.11. The highest BCUT2D eigenvalue weighted by Gasteiger charge is 2.28. The highest BCUT2D eigenvalue weighted by atomic mass is 35.5. The second-order valence-corrected chi connectivity index (χ2v) is 6.92. The predicted molar refractivity (Wildman–Crippen MR) is 102 cm³/mol. The number of hydrogen-bond donors (Lipinski definition) is 0. The summed E-state index contributed by atoms with van der Waals surface area (Å²) in [6.45, 7) is 1.45. The van der Waals surface area contributed by atoms with Gasteiger partial charge in [0, 0.05) is 6.07 Å². The molecule has 0 unspecified atom stereocenters. The van der Waals surface area contributed by atoms with Crippen LogP contribution in [0.3, 0.4) is 0 Å². The van der Waals surface area contributed by atoms with E-state index >= 15 is 0 Å². The minimum absolute atomic E-state index is 0.0619. The standard InChI is InChI=1S/C19H12ClF4NO3S/c1-3-28-19(27)13-17(26)9-7-11(23)15(24)14(20)16(9)25(18(13)29-2)12-5-4-8(21)6-10(12)22/h4-7H,3H2,1-2H3. The zero-order valence-electron chi connectivity index (χ0n) is 15.0. The van der Waals surface area contributed by atoms with Gasteiger partial charge < -0.3 is 4.74 Å². The van der Waals surface area contributed by atoms with Crippen molar-refractivity contribution in [3.8, 4) is 5.69 Å². The van der Waals surface area contributed by atoms with E-state index in [1.54, 1.807) is 0 Å². The summed E-state index contributed by atoms with van der Waals surface area (Å²) in [5.74, 6) is -5.85. The third kappa shape index (κ3) is 3.49. The minimum Gasteiger partial charge on any atom is -0.462 e. The number of thioether (sulfide) groups is 1. The highest BCUT2D eigenvalue weighted by Crippen LogP contribution is 2.35. The first-order valence-electron chi connectivity index (χ1n) is 8.15. The zero-order valence-corrected chi connectivity index (χ0v) is 16.6. The average Bonchev–Trinajstić information content (AvgIpc) is 2.67. The maximum Gasteiger partial charge on any atom is 0.344 e. The van der Waals surface area contributed by atoms with Gasteiger partial charge in [0.05, 0.1) is 28.2 Å². The Bertz CT molecular complexity index is 1210. The molecule has 4 nitrogen and oxygen atoms in total. The maximum atomic E-state index is 14.6. The van der Waals surface area contributed by atoms with Crippen molar-refractivity contribution < 1.29 is 27.1 Å². The molecule has 10 heteroatoms. The van der Waals surface area contributed by atoms with Gasteiger partial charge in [0.25, 0.3) is 0 Å². The Morgan fingerprint density at radius 2 is 1.86 bits per heavy atom. The molecule has 0 aliphatic rings. The summed E-state index contributed by atoms with van der Waals surface area (Å²) >= 11 is 6.83. The first-order valence-corrected chi connectivity index (χ1v) is 9.75. The topological polar surface area (TPSA) is 48.3 Å². The molecular formula is C19H12ClF4NO3S. The number of aromatic nitrogens is 1. The van der Waals surface area contributed by atoms with Crippen LogP contribution in [0.2, 0.25) is 5.02 Å². The van der Waals surface area contributed by atoms with Crippen LogP contribution in [0.1, 0.15) is 17.3 Å². The van der Waals surface area contributed by atoms with Gasteiger partial charge >= 0.3 is 5.97 Å². The van der Waals surface area contributed by atoms with E-state index in [0.717, 1.165) is 28.5 Å². The van der Waals surface area contributed by atoms with Gasteiger partial charge in [-0.25, -0.2) is 22.4 Å². The molecule has 3 rings (SSSR count). The fourth-order valence-corrected chi connectivity index (χ4v) is 3.92. The van der Waals surface area contributed by atoms with Gasteiger partial charge in [0.15, 0.2) is 11.6 Å². The van der Waals surface area contributed by atoms with E-state index < -0.39 is 50.6 Å². The van der Waals surface area contributed by atoms with Crippen molar-refractivity contribution in [1.29, 1.82) is 0 Å². The number of esters is 1. The summed E-state index contributed by atoms with van der Waals surface area (Å²) in [7, 11) is 0. The molecule has 1 aromatic heterocycles. The summed E-state index contributed by atoms with van der Waals surface area (Å²) in [5, 5.41) is -1.37. The third-order valence-electron chi connectivity index (χ3n) is 4.07. The van der Waals surface area contributed by atoms with Crippen molar-refractivity contribution >= 4 is 40.2 Å². The number of halogens is 5. The van der Waals surface area contributed by atoms with Crippen LogP contribution in [0.25, 0.3) is 16.6 Å². The molecule has 0 aliphatic carbocycles. The smallest absolute Gasteiger partial charge is 0.344 e. The van der Waals surface area contributed by atoms with Crippen molar-refractivity contribution in [1.82, 2.24) is 4.57 Å². The average molecular weight is 446 g/mol. The number of nitrogens with zero attached hydrogens (tertiary/aromatic N) is 1. The van der Waals surface area contributed by atoms with Gasteiger partial charge in [-0.05, 0) is 31.4 Å². The van der Waals surface area contributed by atoms with Crippen LogP contribution in [0.15, 0.2) is 34.1 Å². The Labute approximate surface area is 171 Å². The van der Waals surface area contributed by atoms with Gasteiger partial charge in [-0.1, -0.05) is 11.6 Å². The first-order chi connectivity index (χ1) is 13.7. The zero-order chi connectivity index (χ0) is 21.5. The largest absolute Gasteiger partial charge is 0.462 e. The Morgan fingerprint density at radius 3 is 2.45 bits per heavy atom. The van der Waals surface area contributed by atoms with Crippen LogP contribution in [-0.2, 0) is 4.74 Å². The van der Waals surface area contributed by atoms with E-state index in [1.165, 1.54) is 13.2 Å². The van der Waals surface area contributed by atoms with E-state index in [4.69, 9.17) is 16.3 Å². The van der Waals surface area contributed by atoms with Gasteiger partial charge in [-0.2, -0.15) is 0 Å². The van der Waals surface area contributed by atoms with Crippen LogP contribution < -0.4 is 5.43 Å². The van der Waals surface area contributed by atoms with Crippen LogP contribution in [0, 0.1) is 23.3 Å². The van der Waals surface area contributed by atoms with Crippen LogP contribution in [-0.4, -0.2) is 23.4 Å². The summed E-state index contributed by atoms with van der Waals surface area (Å²) in [5.41, 5.74) is -2.14. The Morgan fingerprint density at radius 1 is 1.17 bits per heavy atom. The van der Waals surface area contributed by atoms with E-state index in [1.807, 2.05) is 0 Å². The minimum atomic E-state index is -1.45. The van der Waals surface area contributed by atoms with Crippen molar-refractivity contribution in [3.63, 3.8) is 0 Å². The fourth-order valence-electron chi connectivity index (χ4n) is 2.89. The predicted octanol–water partition coefficient (Wildman–Crippen LogP) is 5.10. The maximum absolute atomic E-state index is 14.6. The number of ether oxygens (including phenoxy) is 1. The van der Waals surface area contributed by atoms with Crippen LogP contribution >= 0.6 is 23.4 Å². The van der Waals surface area contributed by atoms with Gasteiger partial charge in [0.2, 0.25) is 5.43 Å². The molecule has 0 atom stereocenters. The van der Waals surface area contributed by atoms with Crippen LogP contribution in [0.4, 0.5) is 17.6 Å². The lowest BCUT2D eigenvalue weighted by Crippen LogP contribution is -2.24. The number of rotatable bonds is 4. The second-order valence-electron chi connectivity index (χ2n) is 5.75. The van der Waals surface area contributed by atoms with Crippen LogP contribution in [0.5, 0.6) is 0 Å². The van der Waals surface area contributed by atoms with E-state index in [2.05, 4.69) is 0 Å². The van der Waals surface area contributed by atoms with Gasteiger partial charge in [-0.3, -0.25) is 9.36 Å². The van der Waals surface area contributed by atoms with E-state index in [0.29, 0.717) is 12.1 Å². The summed E-state index contributed by atoms with van der Waals surface area (Å²) in [6.07, 6.45) is 1.48. The molecular weight excluding hydrogens is 434 g/mol. The fraction of sp³-hybridized carbons (Fsp3) is 0.158. The number of benzene rings is 2. The molecule has 0 amide bonds. The normalized spacial score (nSPS) is 11.1. The van der Waals surface area contributed by atoms with Crippen molar-refractivity contribution in [3.05, 3.63) is 68.3 Å². The van der Waals surface area contributed by atoms with Crippen molar-refractivity contribution in [2.24, 2.45) is 0 Å². The Hall–Kier alpha value is -2.52.